The molecule has 0 aliphatic carbocycles. The van der Waals surface area contributed by atoms with Gasteiger partial charge in [-0.15, -0.1) is 0 Å². The Kier molecular flexibility index (Phi) is 4.65. The maximum atomic E-state index is 13.1. The molecular weight excluding hydrogens is 351 g/mol. The van der Waals surface area contributed by atoms with E-state index in [1.807, 2.05) is 6.92 Å². The quantitative estimate of drug-likeness (QED) is 0.702. The zero-order chi connectivity index (χ0) is 19.9. The third-order valence-electron chi connectivity index (χ3n) is 4.77. The van der Waals surface area contributed by atoms with Gasteiger partial charge in [-0.1, -0.05) is 12.1 Å². The third kappa shape index (κ3) is 3.14. The van der Waals surface area contributed by atoms with Crippen LogP contribution in [0.15, 0.2) is 46.0 Å². The van der Waals surface area contributed by atoms with Gasteiger partial charge in [-0.2, -0.15) is 0 Å². The van der Waals surface area contributed by atoms with Crippen molar-refractivity contribution in [1.82, 2.24) is 19.0 Å². The molecule has 3 rings (SSSR count). The lowest BCUT2D eigenvalue weighted by Crippen LogP contribution is -2.37. The number of amides is 1. The second-order valence-corrected chi connectivity index (χ2v) is 6.42. The Morgan fingerprint density at radius 2 is 1.70 bits per heavy atom. The van der Waals surface area contributed by atoms with Crippen LogP contribution in [0, 0.1) is 5.82 Å². The summed E-state index contributed by atoms with van der Waals surface area (Å²) < 4.78 is 15.3. The molecule has 2 aromatic heterocycles. The Balaban J connectivity index is 2.01. The van der Waals surface area contributed by atoms with Gasteiger partial charge >= 0.3 is 5.69 Å². The van der Waals surface area contributed by atoms with E-state index >= 15 is 0 Å². The van der Waals surface area contributed by atoms with Crippen molar-refractivity contribution in [2.24, 2.45) is 14.1 Å². The normalized spacial score (nSPS) is 12.2. The number of fused-ring (bicyclic) bond motifs is 1. The lowest BCUT2D eigenvalue weighted by Gasteiger charge is -2.25. The molecular formula is C19H19FN4O3. The molecule has 0 bridgehead atoms. The number of rotatable bonds is 3. The summed E-state index contributed by atoms with van der Waals surface area (Å²) in [5, 5.41) is 0.255. The summed E-state index contributed by atoms with van der Waals surface area (Å²) in [6.07, 6.45) is 0. The molecule has 0 fully saturated rings. The van der Waals surface area contributed by atoms with E-state index in [4.69, 9.17) is 0 Å². The average Bonchev–Trinajstić information content (AvgIpc) is 2.69. The summed E-state index contributed by atoms with van der Waals surface area (Å²) in [7, 11) is 4.50. The van der Waals surface area contributed by atoms with Crippen molar-refractivity contribution in [3.8, 4) is 0 Å². The van der Waals surface area contributed by atoms with E-state index in [1.54, 1.807) is 19.2 Å². The first kappa shape index (κ1) is 18.5. The number of carbonyl (C=O) groups excluding carboxylic acids is 1. The van der Waals surface area contributed by atoms with Gasteiger partial charge in [-0.25, -0.2) is 14.2 Å². The molecule has 1 atom stereocenters. The van der Waals surface area contributed by atoms with Crippen LogP contribution in [0.25, 0.3) is 11.0 Å². The van der Waals surface area contributed by atoms with E-state index in [9.17, 15) is 18.8 Å². The Labute approximate surface area is 154 Å². The van der Waals surface area contributed by atoms with E-state index in [1.165, 1.54) is 47.8 Å². The predicted octanol–water partition coefficient (Wildman–Crippen LogP) is 1.60. The van der Waals surface area contributed by atoms with Crippen molar-refractivity contribution in [3.05, 3.63) is 74.3 Å². The first-order chi connectivity index (χ1) is 12.7. The number of hydrogen-bond acceptors (Lipinski definition) is 4. The number of pyridine rings is 1. The van der Waals surface area contributed by atoms with Crippen LogP contribution in [0.2, 0.25) is 0 Å². The number of nitrogens with zero attached hydrogens (tertiary/aromatic N) is 4. The highest BCUT2D eigenvalue weighted by molar-refractivity contribution is 5.94. The van der Waals surface area contributed by atoms with Gasteiger partial charge in [-0.3, -0.25) is 18.7 Å². The van der Waals surface area contributed by atoms with Crippen LogP contribution in [0.4, 0.5) is 4.39 Å². The van der Waals surface area contributed by atoms with Gasteiger partial charge in [0.1, 0.15) is 17.2 Å². The highest BCUT2D eigenvalue weighted by atomic mass is 19.1. The number of aryl methyl sites for hydroxylation is 1. The molecule has 0 saturated heterocycles. The van der Waals surface area contributed by atoms with Gasteiger partial charge < -0.3 is 4.90 Å². The van der Waals surface area contributed by atoms with Crippen LogP contribution < -0.4 is 11.2 Å². The molecule has 2 heterocycles. The Morgan fingerprint density at radius 3 is 2.33 bits per heavy atom. The number of benzene rings is 1. The van der Waals surface area contributed by atoms with Crippen molar-refractivity contribution >= 4 is 16.9 Å². The monoisotopic (exact) mass is 370 g/mol. The fourth-order valence-corrected chi connectivity index (χ4v) is 2.89. The Morgan fingerprint density at radius 1 is 1.07 bits per heavy atom. The minimum Gasteiger partial charge on any atom is -0.334 e. The molecule has 8 heteroatoms. The molecule has 140 valence electrons. The van der Waals surface area contributed by atoms with Crippen LogP contribution in [-0.2, 0) is 14.1 Å². The summed E-state index contributed by atoms with van der Waals surface area (Å²) in [5.74, 6) is -0.722. The van der Waals surface area contributed by atoms with E-state index in [-0.39, 0.29) is 34.5 Å². The third-order valence-corrected chi connectivity index (χ3v) is 4.77. The molecule has 1 amide bonds. The van der Waals surface area contributed by atoms with E-state index in [0.29, 0.717) is 0 Å². The maximum Gasteiger partial charge on any atom is 0.332 e. The SMILES string of the molecule is CC(c1ccc(F)cc1)N(C)C(=O)c1ccc2c(=O)n(C)c(=O)n(C)c2n1. The van der Waals surface area contributed by atoms with E-state index in [0.717, 1.165) is 10.1 Å². The fraction of sp³-hybridized carbons (Fsp3) is 0.263. The number of aromatic nitrogens is 3. The van der Waals surface area contributed by atoms with Gasteiger partial charge in [0.2, 0.25) is 0 Å². The number of carbonyl (C=O) groups is 1. The number of halogens is 1. The standard InChI is InChI=1S/C19H19FN4O3/c1-11(12-5-7-13(20)8-6-12)22(2)18(26)15-10-9-14-16(21-15)23(3)19(27)24(4)17(14)25/h5-11H,1-4H3. The average molecular weight is 370 g/mol. The maximum absolute atomic E-state index is 13.1. The minimum atomic E-state index is -0.516. The molecule has 0 N–H and O–H groups in total. The van der Waals surface area contributed by atoms with Crippen molar-refractivity contribution < 1.29 is 9.18 Å². The van der Waals surface area contributed by atoms with Crippen LogP contribution in [0.3, 0.4) is 0 Å². The second kappa shape index (κ2) is 6.79. The molecule has 0 saturated carbocycles. The van der Waals surface area contributed by atoms with Crippen LogP contribution in [-0.4, -0.2) is 32.0 Å². The number of hydrogen-bond donors (Lipinski definition) is 0. The summed E-state index contributed by atoms with van der Waals surface area (Å²) in [6, 6.07) is 8.55. The summed E-state index contributed by atoms with van der Waals surface area (Å²) in [5.41, 5.74) is 0.0542. The zero-order valence-corrected chi connectivity index (χ0v) is 15.4. The zero-order valence-electron chi connectivity index (χ0n) is 15.4. The second-order valence-electron chi connectivity index (χ2n) is 6.42. The molecule has 7 nitrogen and oxygen atoms in total. The van der Waals surface area contributed by atoms with Crippen LogP contribution >= 0.6 is 0 Å². The van der Waals surface area contributed by atoms with E-state index in [2.05, 4.69) is 4.98 Å². The molecule has 0 aliphatic heterocycles. The molecule has 3 aromatic rings. The topological polar surface area (TPSA) is 77.2 Å². The molecule has 1 unspecified atom stereocenters. The van der Waals surface area contributed by atoms with Crippen molar-refractivity contribution in [2.45, 2.75) is 13.0 Å². The molecule has 0 spiro atoms. The van der Waals surface area contributed by atoms with Crippen molar-refractivity contribution in [2.75, 3.05) is 7.05 Å². The van der Waals surface area contributed by atoms with Crippen LogP contribution in [0.1, 0.15) is 29.0 Å². The molecule has 1 aromatic carbocycles. The van der Waals surface area contributed by atoms with E-state index < -0.39 is 11.2 Å². The lowest BCUT2D eigenvalue weighted by molar-refractivity contribution is 0.0737. The minimum absolute atomic E-state index is 0.113. The summed E-state index contributed by atoms with van der Waals surface area (Å²) >= 11 is 0. The van der Waals surface area contributed by atoms with Gasteiger partial charge in [0, 0.05) is 21.1 Å². The van der Waals surface area contributed by atoms with Crippen LogP contribution in [0.5, 0.6) is 0 Å². The highest BCUT2D eigenvalue weighted by Gasteiger charge is 2.21. The van der Waals surface area contributed by atoms with Crippen molar-refractivity contribution in [1.29, 1.82) is 0 Å². The fourth-order valence-electron chi connectivity index (χ4n) is 2.89. The van der Waals surface area contributed by atoms with Gasteiger partial charge in [0.25, 0.3) is 11.5 Å². The van der Waals surface area contributed by atoms with Crippen molar-refractivity contribution in [3.63, 3.8) is 0 Å². The highest BCUT2D eigenvalue weighted by Crippen LogP contribution is 2.21. The summed E-state index contributed by atoms with van der Waals surface area (Å²) in [6.45, 7) is 1.82. The Bertz CT molecular complexity index is 1150. The van der Waals surface area contributed by atoms with Gasteiger partial charge in [0.15, 0.2) is 0 Å². The molecule has 0 aliphatic rings. The summed E-state index contributed by atoms with van der Waals surface area (Å²) in [4.78, 5) is 42.9. The van der Waals surface area contributed by atoms with Gasteiger partial charge in [0.05, 0.1) is 11.4 Å². The lowest BCUT2D eigenvalue weighted by atomic mass is 10.1. The predicted molar refractivity (Wildman–Crippen MR) is 99.1 cm³/mol. The van der Waals surface area contributed by atoms with Gasteiger partial charge in [-0.05, 0) is 36.8 Å². The molecule has 0 radical (unpaired) electrons. The largest absolute Gasteiger partial charge is 0.334 e. The molecule has 27 heavy (non-hydrogen) atoms. The smallest absolute Gasteiger partial charge is 0.332 e. The first-order valence-corrected chi connectivity index (χ1v) is 8.31. The first-order valence-electron chi connectivity index (χ1n) is 8.31. The Hall–Kier alpha value is -3.29.